The summed E-state index contributed by atoms with van der Waals surface area (Å²) in [5.41, 5.74) is 0. The quantitative estimate of drug-likeness (QED) is 0.0485. The van der Waals surface area contributed by atoms with Crippen LogP contribution in [0.5, 0.6) is 0 Å². The van der Waals surface area contributed by atoms with Crippen LogP contribution in [-0.2, 0) is 15.9 Å². The molecule has 0 bridgehead atoms. The molecule has 7 heteroatoms. The third-order valence-corrected chi connectivity index (χ3v) is 8.80. The van der Waals surface area contributed by atoms with Gasteiger partial charge in [-0.25, -0.2) is 4.21 Å². The fourth-order valence-corrected chi connectivity index (χ4v) is 6.11. The third-order valence-electron chi connectivity index (χ3n) is 8.15. The van der Waals surface area contributed by atoms with Crippen LogP contribution in [0, 0.1) is 11.8 Å². The largest absolute Gasteiger partial charge is 0.393 e. The van der Waals surface area contributed by atoms with Crippen molar-refractivity contribution in [3.8, 4) is 0 Å². The Morgan fingerprint density at radius 2 is 0.927 bits per heavy atom. The van der Waals surface area contributed by atoms with Crippen LogP contribution in [0.25, 0.3) is 0 Å². The SMILES string of the molecule is CC(C)CCCCCCCCCCC[C@@H](O)CC(=O)N[C@@H](CS(=O)O)[C@H](O)CCCCCCCCCCCC(C)C. The number of carbonyl (C=O) groups is 1. The Bertz CT molecular complexity index is 616. The lowest BCUT2D eigenvalue weighted by Crippen LogP contribution is -2.47. The number of hydrogen-bond donors (Lipinski definition) is 4. The van der Waals surface area contributed by atoms with Crippen molar-refractivity contribution in [1.29, 1.82) is 0 Å². The lowest BCUT2D eigenvalue weighted by molar-refractivity contribution is -0.124. The normalized spacial score (nSPS) is 14.9. The Morgan fingerprint density at radius 1 is 0.585 bits per heavy atom. The summed E-state index contributed by atoms with van der Waals surface area (Å²) < 4.78 is 20.8. The predicted molar refractivity (Wildman–Crippen MR) is 175 cm³/mol. The van der Waals surface area contributed by atoms with Gasteiger partial charge in [0.15, 0.2) is 11.1 Å². The molecule has 0 fully saturated rings. The van der Waals surface area contributed by atoms with Gasteiger partial charge in [0.2, 0.25) is 5.91 Å². The van der Waals surface area contributed by atoms with Gasteiger partial charge in [0.05, 0.1) is 30.4 Å². The molecule has 0 rings (SSSR count). The minimum atomic E-state index is -2.11. The van der Waals surface area contributed by atoms with E-state index < -0.39 is 29.3 Å². The van der Waals surface area contributed by atoms with Gasteiger partial charge in [0.25, 0.3) is 0 Å². The van der Waals surface area contributed by atoms with Crippen molar-refractivity contribution in [2.24, 2.45) is 11.8 Å². The summed E-state index contributed by atoms with van der Waals surface area (Å²) in [5.74, 6) is 1.05. The average Bonchev–Trinajstić information content (AvgIpc) is 2.89. The number of rotatable bonds is 30. The van der Waals surface area contributed by atoms with E-state index in [1.807, 2.05) is 0 Å². The van der Waals surface area contributed by atoms with Crippen molar-refractivity contribution in [2.45, 2.75) is 194 Å². The van der Waals surface area contributed by atoms with E-state index in [0.717, 1.165) is 43.9 Å². The first-order valence-electron chi connectivity index (χ1n) is 17.3. The first-order valence-corrected chi connectivity index (χ1v) is 18.6. The Labute approximate surface area is 256 Å². The van der Waals surface area contributed by atoms with Crippen LogP contribution in [0.1, 0.15) is 175 Å². The number of nitrogens with one attached hydrogen (secondary N) is 1. The molecule has 0 aromatic carbocycles. The van der Waals surface area contributed by atoms with Crippen LogP contribution in [0.4, 0.5) is 0 Å². The summed E-state index contributed by atoms with van der Waals surface area (Å²) in [4.78, 5) is 12.5. The molecule has 1 amide bonds. The zero-order chi connectivity index (χ0) is 30.7. The summed E-state index contributed by atoms with van der Waals surface area (Å²) >= 11 is -2.11. The van der Waals surface area contributed by atoms with Crippen molar-refractivity contribution in [1.82, 2.24) is 5.32 Å². The molecular weight excluding hydrogens is 534 g/mol. The molecular formula is C34H69NO5S. The second-order valence-electron chi connectivity index (χ2n) is 13.4. The van der Waals surface area contributed by atoms with Crippen molar-refractivity contribution < 1.29 is 23.8 Å². The Hall–Kier alpha value is -0.500. The highest BCUT2D eigenvalue weighted by molar-refractivity contribution is 7.79. The standard InChI is InChI=1S/C34H69NO5S/c1-29(2)23-19-15-11-7-5-9-13-17-21-25-31(36)27-34(38)35-32(28-41(39)40)33(37)26-22-18-14-10-6-8-12-16-20-24-30(3)4/h29-33,36-37H,5-28H2,1-4H3,(H,35,38)(H,39,40)/t31-,32+,33-/m1/s1. The molecule has 0 spiro atoms. The van der Waals surface area contributed by atoms with Gasteiger partial charge in [0, 0.05) is 0 Å². The van der Waals surface area contributed by atoms with Gasteiger partial charge in [-0.05, 0) is 24.7 Å². The smallest absolute Gasteiger partial charge is 0.222 e. The predicted octanol–water partition coefficient (Wildman–Crippen LogP) is 8.70. The van der Waals surface area contributed by atoms with Crippen LogP contribution in [0.2, 0.25) is 0 Å². The fourth-order valence-electron chi connectivity index (χ4n) is 5.50. The van der Waals surface area contributed by atoms with Crippen molar-refractivity contribution in [2.75, 3.05) is 5.75 Å². The topological polar surface area (TPSA) is 107 Å². The van der Waals surface area contributed by atoms with Crippen LogP contribution in [0.3, 0.4) is 0 Å². The average molecular weight is 604 g/mol. The summed E-state index contributed by atoms with van der Waals surface area (Å²) in [5, 5.41) is 23.6. The third kappa shape index (κ3) is 29.4. The zero-order valence-corrected chi connectivity index (χ0v) is 28.2. The minimum absolute atomic E-state index is 0.0326. The minimum Gasteiger partial charge on any atom is -0.393 e. The lowest BCUT2D eigenvalue weighted by atomic mass is 10.0. The first kappa shape index (κ1) is 40.5. The van der Waals surface area contributed by atoms with Crippen LogP contribution >= 0.6 is 0 Å². The van der Waals surface area contributed by atoms with E-state index in [1.54, 1.807) is 0 Å². The van der Waals surface area contributed by atoms with E-state index in [2.05, 4.69) is 33.0 Å². The highest BCUT2D eigenvalue weighted by atomic mass is 32.2. The molecule has 0 radical (unpaired) electrons. The van der Waals surface area contributed by atoms with E-state index in [1.165, 1.54) is 96.3 Å². The molecule has 6 nitrogen and oxygen atoms in total. The number of amides is 1. The van der Waals surface area contributed by atoms with E-state index in [4.69, 9.17) is 0 Å². The maximum absolute atomic E-state index is 12.5. The van der Waals surface area contributed by atoms with Crippen LogP contribution in [-0.4, -0.2) is 48.9 Å². The van der Waals surface area contributed by atoms with Gasteiger partial charge in [0.1, 0.15) is 0 Å². The van der Waals surface area contributed by atoms with Crippen LogP contribution in [0.15, 0.2) is 0 Å². The summed E-state index contributed by atoms with van der Waals surface area (Å²) in [7, 11) is 0. The number of aliphatic hydroxyl groups excluding tert-OH is 2. The van der Waals surface area contributed by atoms with E-state index in [-0.39, 0.29) is 18.1 Å². The van der Waals surface area contributed by atoms with E-state index in [0.29, 0.717) is 12.8 Å². The lowest BCUT2D eigenvalue weighted by Gasteiger charge is -2.23. The Morgan fingerprint density at radius 3 is 1.29 bits per heavy atom. The second-order valence-corrected chi connectivity index (χ2v) is 14.4. The maximum Gasteiger partial charge on any atom is 0.222 e. The maximum atomic E-state index is 12.5. The summed E-state index contributed by atoms with van der Waals surface area (Å²) in [6.07, 6.45) is 23.8. The zero-order valence-electron chi connectivity index (χ0n) is 27.4. The Kier molecular flexibility index (Phi) is 27.9. The molecule has 0 aromatic rings. The number of carbonyl (C=O) groups excluding carboxylic acids is 1. The van der Waals surface area contributed by atoms with Crippen LogP contribution < -0.4 is 5.32 Å². The number of aliphatic hydroxyl groups is 2. The van der Waals surface area contributed by atoms with Crippen molar-refractivity contribution >= 4 is 17.0 Å². The summed E-state index contributed by atoms with van der Waals surface area (Å²) in [6.45, 7) is 9.13. The van der Waals surface area contributed by atoms with Gasteiger partial charge in [-0.3, -0.25) is 4.79 Å². The molecule has 4 N–H and O–H groups in total. The van der Waals surface area contributed by atoms with Gasteiger partial charge in [-0.2, -0.15) is 0 Å². The number of unbranched alkanes of at least 4 members (excludes halogenated alkanes) is 16. The van der Waals surface area contributed by atoms with Gasteiger partial charge >= 0.3 is 0 Å². The summed E-state index contributed by atoms with van der Waals surface area (Å²) in [6, 6.07) is -0.767. The highest BCUT2D eigenvalue weighted by Crippen LogP contribution is 2.16. The number of hydrogen-bond acceptors (Lipinski definition) is 4. The van der Waals surface area contributed by atoms with Crippen molar-refractivity contribution in [3.05, 3.63) is 0 Å². The van der Waals surface area contributed by atoms with Gasteiger partial charge in [-0.1, -0.05) is 156 Å². The molecule has 0 aliphatic heterocycles. The molecule has 0 aliphatic rings. The molecule has 246 valence electrons. The molecule has 1 unspecified atom stereocenters. The molecule has 0 saturated carbocycles. The highest BCUT2D eigenvalue weighted by Gasteiger charge is 2.24. The molecule has 4 atom stereocenters. The molecule has 0 heterocycles. The van der Waals surface area contributed by atoms with E-state index in [9.17, 15) is 23.8 Å². The van der Waals surface area contributed by atoms with Gasteiger partial charge < -0.3 is 20.1 Å². The molecule has 41 heavy (non-hydrogen) atoms. The molecule has 0 aliphatic carbocycles. The monoisotopic (exact) mass is 603 g/mol. The van der Waals surface area contributed by atoms with Crippen molar-refractivity contribution in [3.63, 3.8) is 0 Å². The molecule has 0 saturated heterocycles. The fraction of sp³-hybridized carbons (Fsp3) is 0.971. The van der Waals surface area contributed by atoms with Gasteiger partial charge in [-0.15, -0.1) is 0 Å². The molecule has 0 aromatic heterocycles. The first-order chi connectivity index (χ1) is 19.6. The van der Waals surface area contributed by atoms with E-state index >= 15 is 0 Å². The second kappa shape index (κ2) is 28.3. The Balaban J connectivity index is 3.95.